The molecule has 154 valence electrons. The zero-order chi connectivity index (χ0) is 20.7. The van der Waals surface area contributed by atoms with Gasteiger partial charge in [0.15, 0.2) is 0 Å². The minimum Gasteiger partial charge on any atom is -0.508 e. The second kappa shape index (κ2) is 10.2. The average molecular weight is 388 g/mol. The Balaban J connectivity index is 0.00000136. The van der Waals surface area contributed by atoms with Gasteiger partial charge in [-0.25, -0.2) is 4.98 Å². The van der Waals surface area contributed by atoms with Crippen molar-refractivity contribution >= 4 is 24.2 Å². The van der Waals surface area contributed by atoms with Crippen LogP contribution < -0.4 is 5.32 Å². The molecule has 1 heterocycles. The van der Waals surface area contributed by atoms with Crippen molar-refractivity contribution in [3.8, 4) is 5.75 Å². The first-order valence-electron chi connectivity index (χ1n) is 10.2. The molecule has 6 heteroatoms. The highest BCUT2D eigenvalue weighted by Crippen LogP contribution is 2.37. The maximum atomic E-state index is 10.6. The number of aromatic hydroxyl groups is 1. The highest BCUT2D eigenvalue weighted by molar-refractivity contribution is 5.82. The number of nitrogens with one attached hydrogen (secondary N) is 1. The second-order valence-corrected chi connectivity index (χ2v) is 7.83. The molecule has 1 saturated carbocycles. The van der Waals surface area contributed by atoms with E-state index in [1.807, 2.05) is 19.8 Å². The normalized spacial score (nSPS) is 20.2. The number of hydrogen-bond acceptors (Lipinski definition) is 4. The molecule has 0 spiro atoms. The van der Waals surface area contributed by atoms with Crippen molar-refractivity contribution in [3.05, 3.63) is 23.5 Å². The summed E-state index contributed by atoms with van der Waals surface area (Å²) in [5.41, 5.74) is 2.97. The number of aromatic nitrogens is 2. The number of aryl methyl sites for hydroxylation is 2. The first-order chi connectivity index (χ1) is 13.5. The summed E-state index contributed by atoms with van der Waals surface area (Å²) in [5, 5.41) is 13.2. The molecule has 1 amide bonds. The van der Waals surface area contributed by atoms with E-state index in [2.05, 4.69) is 23.7 Å². The SMILES string of the molecule is C=O.CCc1nc2c(CCC(C)NC=O)c(O)ccc2n1C1CCCC(C)C1. The Bertz CT molecular complexity index is 787. The van der Waals surface area contributed by atoms with Crippen LogP contribution in [0.5, 0.6) is 5.75 Å². The monoisotopic (exact) mass is 387 g/mol. The molecular formula is C22H33N3O3. The average Bonchev–Trinajstić information content (AvgIpc) is 3.07. The largest absolute Gasteiger partial charge is 0.508 e. The van der Waals surface area contributed by atoms with E-state index in [-0.39, 0.29) is 6.04 Å². The Morgan fingerprint density at radius 2 is 2.14 bits per heavy atom. The van der Waals surface area contributed by atoms with Crippen molar-refractivity contribution in [1.82, 2.24) is 14.9 Å². The van der Waals surface area contributed by atoms with Crippen LogP contribution in [-0.4, -0.2) is 33.9 Å². The number of hydrogen-bond donors (Lipinski definition) is 2. The van der Waals surface area contributed by atoms with Crippen molar-refractivity contribution < 1.29 is 14.7 Å². The molecular weight excluding hydrogens is 354 g/mol. The molecule has 2 aromatic rings. The Morgan fingerprint density at radius 1 is 1.39 bits per heavy atom. The summed E-state index contributed by atoms with van der Waals surface area (Å²) in [6.45, 7) is 8.47. The molecule has 2 N–H and O–H groups in total. The number of carbonyl (C=O) groups is 2. The van der Waals surface area contributed by atoms with Gasteiger partial charge in [0, 0.05) is 24.1 Å². The first-order valence-corrected chi connectivity index (χ1v) is 10.2. The zero-order valence-electron chi connectivity index (χ0n) is 17.3. The van der Waals surface area contributed by atoms with Crippen LogP contribution in [-0.2, 0) is 22.4 Å². The summed E-state index contributed by atoms with van der Waals surface area (Å²) >= 11 is 0. The van der Waals surface area contributed by atoms with Crippen LogP contribution in [0.15, 0.2) is 12.1 Å². The fraction of sp³-hybridized carbons (Fsp3) is 0.591. The maximum Gasteiger partial charge on any atom is 0.207 e. The number of phenols is 1. The molecule has 3 unspecified atom stereocenters. The van der Waals surface area contributed by atoms with E-state index in [0.717, 1.165) is 47.6 Å². The van der Waals surface area contributed by atoms with E-state index < -0.39 is 0 Å². The van der Waals surface area contributed by atoms with Gasteiger partial charge in [-0.05, 0) is 50.7 Å². The fourth-order valence-corrected chi connectivity index (χ4v) is 4.35. The summed E-state index contributed by atoms with van der Waals surface area (Å²) in [7, 11) is 0. The minimum atomic E-state index is 0.0779. The molecule has 1 aliphatic carbocycles. The van der Waals surface area contributed by atoms with E-state index in [1.54, 1.807) is 6.07 Å². The van der Waals surface area contributed by atoms with E-state index in [0.29, 0.717) is 18.2 Å². The van der Waals surface area contributed by atoms with Gasteiger partial charge in [0.1, 0.15) is 18.4 Å². The van der Waals surface area contributed by atoms with Crippen molar-refractivity contribution in [3.63, 3.8) is 0 Å². The number of benzene rings is 1. The van der Waals surface area contributed by atoms with E-state index >= 15 is 0 Å². The van der Waals surface area contributed by atoms with Gasteiger partial charge in [0.2, 0.25) is 6.41 Å². The Morgan fingerprint density at radius 3 is 2.79 bits per heavy atom. The van der Waals surface area contributed by atoms with Crippen LogP contribution in [0, 0.1) is 5.92 Å². The van der Waals surface area contributed by atoms with Gasteiger partial charge >= 0.3 is 0 Å². The van der Waals surface area contributed by atoms with E-state index in [9.17, 15) is 9.90 Å². The third kappa shape index (κ3) is 4.72. The van der Waals surface area contributed by atoms with Crippen molar-refractivity contribution in [2.24, 2.45) is 5.92 Å². The summed E-state index contributed by atoms with van der Waals surface area (Å²) < 4.78 is 2.43. The molecule has 3 atom stereocenters. The minimum absolute atomic E-state index is 0.0779. The standard InChI is InChI=1S/C21H31N3O2.CH2O/c1-4-20-23-21-17(9-8-15(3)22-13-25)19(26)11-10-18(21)24(20)16-7-5-6-14(2)12-16;1-2/h10-11,13-16,26H,4-9,12H2,1-3H3,(H,22,25);1H2. The van der Waals surface area contributed by atoms with Crippen molar-refractivity contribution in [1.29, 1.82) is 0 Å². The van der Waals surface area contributed by atoms with Crippen molar-refractivity contribution in [2.75, 3.05) is 0 Å². The Labute approximate surface area is 167 Å². The van der Waals surface area contributed by atoms with Gasteiger partial charge in [-0.2, -0.15) is 0 Å². The van der Waals surface area contributed by atoms with Gasteiger partial charge in [-0.15, -0.1) is 0 Å². The van der Waals surface area contributed by atoms with Crippen LogP contribution >= 0.6 is 0 Å². The molecule has 6 nitrogen and oxygen atoms in total. The molecule has 28 heavy (non-hydrogen) atoms. The summed E-state index contributed by atoms with van der Waals surface area (Å²) in [5.74, 6) is 2.17. The second-order valence-electron chi connectivity index (χ2n) is 7.83. The third-order valence-corrected chi connectivity index (χ3v) is 5.79. The van der Waals surface area contributed by atoms with E-state index in [1.165, 1.54) is 25.7 Å². The summed E-state index contributed by atoms with van der Waals surface area (Å²) in [4.78, 5) is 23.5. The lowest BCUT2D eigenvalue weighted by atomic mass is 9.86. The van der Waals surface area contributed by atoms with Crippen LogP contribution in [0.25, 0.3) is 11.0 Å². The molecule has 1 aromatic carbocycles. The summed E-state index contributed by atoms with van der Waals surface area (Å²) in [6, 6.07) is 4.41. The number of phenolic OH excluding ortho intramolecular Hbond substituents is 1. The lowest BCUT2D eigenvalue weighted by Gasteiger charge is -2.29. The lowest BCUT2D eigenvalue weighted by molar-refractivity contribution is -0.110. The molecule has 1 aromatic heterocycles. The fourth-order valence-electron chi connectivity index (χ4n) is 4.35. The number of fused-ring (bicyclic) bond motifs is 1. The lowest BCUT2D eigenvalue weighted by Crippen LogP contribution is -2.24. The Hall–Kier alpha value is -2.37. The smallest absolute Gasteiger partial charge is 0.207 e. The predicted octanol–water partition coefficient (Wildman–Crippen LogP) is 3.94. The highest BCUT2D eigenvalue weighted by atomic mass is 16.3. The molecule has 0 radical (unpaired) electrons. The quantitative estimate of drug-likeness (QED) is 0.705. The molecule has 0 saturated heterocycles. The third-order valence-electron chi connectivity index (χ3n) is 5.79. The van der Waals surface area contributed by atoms with Gasteiger partial charge in [0.05, 0.1) is 11.0 Å². The predicted molar refractivity (Wildman–Crippen MR) is 112 cm³/mol. The van der Waals surface area contributed by atoms with Crippen LogP contribution in [0.2, 0.25) is 0 Å². The molecule has 1 fully saturated rings. The molecule has 0 aliphatic heterocycles. The highest BCUT2D eigenvalue weighted by Gasteiger charge is 2.25. The molecule has 1 aliphatic rings. The van der Waals surface area contributed by atoms with Crippen molar-refractivity contribution in [2.45, 2.75) is 77.8 Å². The van der Waals surface area contributed by atoms with Gasteiger partial charge in [0.25, 0.3) is 0 Å². The number of carbonyl (C=O) groups excluding carboxylic acids is 2. The van der Waals surface area contributed by atoms with Crippen LogP contribution in [0.1, 0.15) is 70.3 Å². The van der Waals surface area contributed by atoms with E-state index in [4.69, 9.17) is 9.78 Å². The number of nitrogens with zero attached hydrogens (tertiary/aromatic N) is 2. The van der Waals surface area contributed by atoms with Crippen LogP contribution in [0.4, 0.5) is 0 Å². The van der Waals surface area contributed by atoms with Gasteiger partial charge in [-0.1, -0.05) is 26.7 Å². The Kier molecular flexibility index (Phi) is 8.03. The first kappa shape index (κ1) is 21.9. The maximum absolute atomic E-state index is 10.6. The van der Waals surface area contributed by atoms with Gasteiger partial charge in [-0.3, -0.25) is 4.79 Å². The zero-order valence-corrected chi connectivity index (χ0v) is 17.3. The number of rotatable bonds is 7. The molecule has 3 rings (SSSR count). The van der Waals surface area contributed by atoms with Crippen LogP contribution in [0.3, 0.4) is 0 Å². The number of amides is 1. The molecule has 0 bridgehead atoms. The number of imidazole rings is 1. The summed E-state index contributed by atoms with van der Waals surface area (Å²) in [6.07, 6.45) is 8.11. The van der Waals surface area contributed by atoms with Gasteiger partial charge < -0.3 is 19.8 Å². The topological polar surface area (TPSA) is 84.2 Å².